The molecule has 0 aliphatic heterocycles. The first-order chi connectivity index (χ1) is 17.6. The normalized spacial score (nSPS) is 14.1. The summed E-state index contributed by atoms with van der Waals surface area (Å²) in [6.07, 6.45) is -1.20. The molecule has 0 atom stereocenters. The summed E-state index contributed by atoms with van der Waals surface area (Å²) in [5.74, 6) is -2.28. The number of alkyl halides is 3. The summed E-state index contributed by atoms with van der Waals surface area (Å²) in [4.78, 5) is 23.6. The Morgan fingerprint density at radius 3 is 2.54 bits per heavy atom. The molecule has 1 amide bonds. The molecule has 4 rings (SSSR count). The second-order valence-corrected chi connectivity index (χ2v) is 8.78. The third kappa shape index (κ3) is 6.28. The van der Waals surface area contributed by atoms with E-state index in [0.717, 1.165) is 37.8 Å². The van der Waals surface area contributed by atoms with Gasteiger partial charge in [-0.2, -0.15) is 18.3 Å². The summed E-state index contributed by atoms with van der Waals surface area (Å²) in [5.41, 5.74) is -1.10. The molecule has 2 N–H and O–H groups in total. The van der Waals surface area contributed by atoms with E-state index in [-0.39, 0.29) is 53.9 Å². The maximum atomic E-state index is 14.4. The van der Waals surface area contributed by atoms with Crippen LogP contribution in [0.25, 0.3) is 11.3 Å². The number of hydrogen-bond acceptors (Lipinski definition) is 4. The highest BCUT2D eigenvalue weighted by molar-refractivity contribution is 6.03. The summed E-state index contributed by atoms with van der Waals surface area (Å²) in [7, 11) is 0. The third-order valence-corrected chi connectivity index (χ3v) is 6.14. The lowest BCUT2D eigenvalue weighted by atomic mass is 10.0. The lowest BCUT2D eigenvalue weighted by Crippen LogP contribution is -2.16. The second kappa shape index (κ2) is 11.0. The molecule has 11 heteroatoms. The standard InChI is InChI=1S/C26H25F4N3O4/c27-20-12-11-17(37-13-5-10-24(34)35)14-21(20)31-25(36)22-15-23(33(32-22)16-6-1-2-7-16)18-8-3-4-9-19(18)26(28,29)30/h3-4,8-9,11-12,14-16H,1-2,5-7,10,13H2,(H,31,36)(H,34,35). The van der Waals surface area contributed by atoms with Gasteiger partial charge in [0.1, 0.15) is 11.6 Å². The molecule has 2 aromatic carbocycles. The van der Waals surface area contributed by atoms with Crippen molar-refractivity contribution in [2.45, 2.75) is 50.7 Å². The van der Waals surface area contributed by atoms with Crippen LogP contribution in [0.15, 0.2) is 48.5 Å². The van der Waals surface area contributed by atoms with Gasteiger partial charge in [0, 0.05) is 18.1 Å². The molecule has 196 valence electrons. The van der Waals surface area contributed by atoms with Crippen LogP contribution in [0.3, 0.4) is 0 Å². The topological polar surface area (TPSA) is 93.5 Å². The molecule has 0 unspecified atom stereocenters. The van der Waals surface area contributed by atoms with Crippen LogP contribution in [-0.4, -0.2) is 33.4 Å². The number of aliphatic carboxylic acids is 1. The Kier molecular flexibility index (Phi) is 7.80. The van der Waals surface area contributed by atoms with Gasteiger partial charge in [0.05, 0.1) is 29.6 Å². The molecule has 1 heterocycles. The Hall–Kier alpha value is -3.89. The van der Waals surface area contributed by atoms with E-state index in [1.165, 1.54) is 41.1 Å². The first kappa shape index (κ1) is 26.2. The second-order valence-electron chi connectivity index (χ2n) is 8.78. The zero-order valence-electron chi connectivity index (χ0n) is 19.7. The van der Waals surface area contributed by atoms with Crippen LogP contribution in [0.5, 0.6) is 5.75 Å². The van der Waals surface area contributed by atoms with Gasteiger partial charge in [0.15, 0.2) is 5.69 Å². The minimum Gasteiger partial charge on any atom is -0.494 e. The van der Waals surface area contributed by atoms with Gasteiger partial charge in [0.25, 0.3) is 5.91 Å². The molecule has 3 aromatic rings. The molecule has 1 saturated carbocycles. The van der Waals surface area contributed by atoms with Crippen molar-refractivity contribution in [2.75, 3.05) is 11.9 Å². The molecule has 1 aliphatic rings. The number of ether oxygens (including phenoxy) is 1. The van der Waals surface area contributed by atoms with Gasteiger partial charge in [0.2, 0.25) is 0 Å². The lowest BCUT2D eigenvalue weighted by Gasteiger charge is -2.17. The quantitative estimate of drug-likeness (QED) is 0.255. The number of hydrogen-bond donors (Lipinski definition) is 2. The van der Waals surface area contributed by atoms with Crippen molar-refractivity contribution < 1.29 is 37.0 Å². The maximum Gasteiger partial charge on any atom is 0.417 e. The lowest BCUT2D eigenvalue weighted by molar-refractivity contribution is -0.138. The number of nitrogens with one attached hydrogen (secondary N) is 1. The molecule has 1 aliphatic carbocycles. The first-order valence-corrected chi connectivity index (χ1v) is 11.8. The van der Waals surface area contributed by atoms with Crippen molar-refractivity contribution in [2.24, 2.45) is 0 Å². The Morgan fingerprint density at radius 2 is 1.84 bits per heavy atom. The number of benzene rings is 2. The number of amides is 1. The van der Waals surface area contributed by atoms with Gasteiger partial charge in [-0.15, -0.1) is 0 Å². The van der Waals surface area contributed by atoms with Crippen molar-refractivity contribution in [1.29, 1.82) is 0 Å². The molecule has 37 heavy (non-hydrogen) atoms. The van der Waals surface area contributed by atoms with Crippen molar-refractivity contribution in [3.63, 3.8) is 0 Å². The van der Waals surface area contributed by atoms with E-state index in [0.29, 0.717) is 0 Å². The Bertz CT molecular complexity index is 1280. The molecule has 1 fully saturated rings. The predicted molar refractivity (Wildman–Crippen MR) is 127 cm³/mol. The third-order valence-electron chi connectivity index (χ3n) is 6.14. The van der Waals surface area contributed by atoms with E-state index in [1.54, 1.807) is 0 Å². The van der Waals surface area contributed by atoms with Crippen molar-refractivity contribution >= 4 is 17.6 Å². The molecule has 0 saturated heterocycles. The summed E-state index contributed by atoms with van der Waals surface area (Å²) >= 11 is 0. The number of carboxylic acid groups (broad SMARTS) is 1. The molecule has 1 aromatic heterocycles. The summed E-state index contributed by atoms with van der Waals surface area (Å²) in [6, 6.07) is 9.94. The fraction of sp³-hybridized carbons (Fsp3) is 0.346. The van der Waals surface area contributed by atoms with E-state index >= 15 is 0 Å². The first-order valence-electron chi connectivity index (χ1n) is 11.8. The predicted octanol–water partition coefficient (Wildman–Crippen LogP) is 6.32. The summed E-state index contributed by atoms with van der Waals surface area (Å²) < 4.78 is 62.5. The van der Waals surface area contributed by atoms with E-state index in [2.05, 4.69) is 10.4 Å². The summed E-state index contributed by atoms with van der Waals surface area (Å²) in [5, 5.41) is 15.5. The van der Waals surface area contributed by atoms with Crippen LogP contribution < -0.4 is 10.1 Å². The van der Waals surface area contributed by atoms with Crippen LogP contribution >= 0.6 is 0 Å². The SMILES string of the molecule is O=C(O)CCCOc1ccc(F)c(NC(=O)c2cc(-c3ccccc3C(F)(F)F)n(C3CCCC3)n2)c1. The minimum absolute atomic E-state index is 0.0824. The molecule has 7 nitrogen and oxygen atoms in total. The van der Waals surface area contributed by atoms with Crippen LogP contribution in [0.4, 0.5) is 23.2 Å². The number of carbonyl (C=O) groups excluding carboxylic acids is 1. The minimum atomic E-state index is -4.60. The van der Waals surface area contributed by atoms with Gasteiger partial charge >= 0.3 is 12.1 Å². The van der Waals surface area contributed by atoms with Crippen LogP contribution in [0.2, 0.25) is 0 Å². The fourth-order valence-electron chi connectivity index (χ4n) is 4.38. The number of aromatic nitrogens is 2. The zero-order valence-corrected chi connectivity index (χ0v) is 19.7. The molecule has 0 spiro atoms. The van der Waals surface area contributed by atoms with Crippen molar-refractivity contribution in [3.8, 4) is 17.0 Å². The number of rotatable bonds is 9. The molecule has 0 bridgehead atoms. The number of nitrogens with zero attached hydrogens (tertiary/aromatic N) is 2. The molecule has 0 radical (unpaired) electrons. The highest BCUT2D eigenvalue weighted by Gasteiger charge is 2.35. The fourth-order valence-corrected chi connectivity index (χ4v) is 4.38. The van der Waals surface area contributed by atoms with Gasteiger partial charge in [-0.05, 0) is 43.5 Å². The zero-order chi connectivity index (χ0) is 26.6. The highest BCUT2D eigenvalue weighted by Crippen LogP contribution is 2.40. The molecular formula is C26H25F4N3O4. The van der Waals surface area contributed by atoms with Gasteiger partial charge in [-0.3, -0.25) is 14.3 Å². The maximum absolute atomic E-state index is 14.4. The van der Waals surface area contributed by atoms with Gasteiger partial charge < -0.3 is 15.2 Å². The van der Waals surface area contributed by atoms with Crippen LogP contribution in [-0.2, 0) is 11.0 Å². The Morgan fingerprint density at radius 1 is 1.11 bits per heavy atom. The number of carbonyl (C=O) groups is 2. The number of anilines is 1. The van der Waals surface area contributed by atoms with Crippen LogP contribution in [0.1, 0.15) is 60.6 Å². The van der Waals surface area contributed by atoms with Crippen molar-refractivity contribution in [3.05, 3.63) is 65.6 Å². The van der Waals surface area contributed by atoms with E-state index in [9.17, 15) is 27.2 Å². The van der Waals surface area contributed by atoms with E-state index < -0.39 is 29.4 Å². The Balaban J connectivity index is 1.61. The van der Waals surface area contributed by atoms with E-state index in [4.69, 9.17) is 9.84 Å². The van der Waals surface area contributed by atoms with Crippen LogP contribution in [0, 0.1) is 5.82 Å². The van der Waals surface area contributed by atoms with Gasteiger partial charge in [-0.1, -0.05) is 31.0 Å². The monoisotopic (exact) mass is 519 g/mol. The molecular weight excluding hydrogens is 494 g/mol. The summed E-state index contributed by atoms with van der Waals surface area (Å²) in [6.45, 7) is 0.0824. The van der Waals surface area contributed by atoms with E-state index in [1.807, 2.05) is 0 Å². The average Bonchev–Trinajstić information content (AvgIpc) is 3.53. The number of halogens is 4. The largest absolute Gasteiger partial charge is 0.494 e. The highest BCUT2D eigenvalue weighted by atomic mass is 19.4. The Labute approximate surface area is 210 Å². The van der Waals surface area contributed by atoms with Crippen molar-refractivity contribution in [1.82, 2.24) is 9.78 Å². The smallest absolute Gasteiger partial charge is 0.417 e. The number of carboxylic acids is 1. The average molecular weight is 519 g/mol. The van der Waals surface area contributed by atoms with Gasteiger partial charge in [-0.25, -0.2) is 4.39 Å².